The van der Waals surface area contributed by atoms with Gasteiger partial charge in [-0.05, 0) is 29.8 Å². The van der Waals surface area contributed by atoms with Crippen molar-refractivity contribution in [1.29, 1.82) is 0 Å². The Morgan fingerprint density at radius 2 is 1.78 bits per heavy atom. The van der Waals surface area contributed by atoms with Crippen molar-refractivity contribution in [2.24, 2.45) is 7.05 Å². The van der Waals surface area contributed by atoms with Crippen LogP contribution >= 0.6 is 0 Å². The van der Waals surface area contributed by atoms with Gasteiger partial charge in [-0.2, -0.15) is 4.98 Å². The molecule has 0 amide bonds. The number of rotatable bonds is 5. The third kappa shape index (κ3) is 3.20. The van der Waals surface area contributed by atoms with Gasteiger partial charge in [-0.15, -0.1) is 0 Å². The van der Waals surface area contributed by atoms with Gasteiger partial charge in [0.25, 0.3) is 5.56 Å². The van der Waals surface area contributed by atoms with Crippen molar-refractivity contribution < 1.29 is 4.74 Å². The average Bonchev–Trinajstić information content (AvgIpc) is 3.40. The summed E-state index contributed by atoms with van der Waals surface area (Å²) in [5, 5.41) is 0. The van der Waals surface area contributed by atoms with Crippen molar-refractivity contribution in [1.82, 2.24) is 18.7 Å². The molecule has 0 radical (unpaired) electrons. The van der Waals surface area contributed by atoms with Crippen molar-refractivity contribution in [3.8, 4) is 5.75 Å². The fourth-order valence-corrected chi connectivity index (χ4v) is 4.10. The van der Waals surface area contributed by atoms with Crippen LogP contribution in [-0.4, -0.2) is 32.3 Å². The minimum absolute atomic E-state index is 0.194. The molecule has 0 fully saturated rings. The molecule has 32 heavy (non-hydrogen) atoms. The van der Waals surface area contributed by atoms with Crippen LogP contribution in [0.15, 0.2) is 70.3 Å². The van der Waals surface area contributed by atoms with Crippen LogP contribution in [0.2, 0.25) is 0 Å². The summed E-state index contributed by atoms with van der Waals surface area (Å²) < 4.78 is 9.85. The third-order valence-corrected chi connectivity index (χ3v) is 5.78. The fraction of sp³-hybridized carbons (Fsp3) is 0.208. The van der Waals surface area contributed by atoms with Gasteiger partial charge in [-0.3, -0.25) is 13.9 Å². The van der Waals surface area contributed by atoms with Gasteiger partial charge < -0.3 is 14.2 Å². The first-order valence-electron chi connectivity index (χ1n) is 10.4. The Balaban J connectivity index is 1.56. The quantitative estimate of drug-likeness (QED) is 0.488. The number of fused-ring (bicyclic) bond motifs is 3. The maximum absolute atomic E-state index is 13.3. The number of anilines is 2. The van der Waals surface area contributed by atoms with E-state index >= 15 is 0 Å². The number of hydrogen-bond acceptors (Lipinski definition) is 5. The Hall–Kier alpha value is -4.07. The first kappa shape index (κ1) is 19.9. The van der Waals surface area contributed by atoms with Gasteiger partial charge in [0.1, 0.15) is 5.75 Å². The van der Waals surface area contributed by atoms with E-state index < -0.39 is 0 Å². The molecule has 4 aromatic rings. The van der Waals surface area contributed by atoms with Crippen LogP contribution in [0.5, 0.6) is 5.75 Å². The van der Waals surface area contributed by atoms with Crippen molar-refractivity contribution in [2.45, 2.75) is 13.1 Å². The molecular weight excluding hydrogens is 406 g/mol. The summed E-state index contributed by atoms with van der Waals surface area (Å²) in [6.45, 7) is 1.50. The van der Waals surface area contributed by atoms with Crippen LogP contribution in [0.3, 0.4) is 0 Å². The highest BCUT2D eigenvalue weighted by Gasteiger charge is 2.28. The molecule has 5 rings (SSSR count). The van der Waals surface area contributed by atoms with Crippen LogP contribution in [0, 0.1) is 0 Å². The Morgan fingerprint density at radius 3 is 2.50 bits per heavy atom. The normalized spacial score (nSPS) is 13.2. The second kappa shape index (κ2) is 7.88. The Morgan fingerprint density at radius 1 is 1.03 bits per heavy atom. The first-order chi connectivity index (χ1) is 15.6. The summed E-state index contributed by atoms with van der Waals surface area (Å²) in [4.78, 5) is 32.9. The molecule has 0 unspecified atom stereocenters. The molecule has 0 saturated heterocycles. The first-order valence-corrected chi connectivity index (χ1v) is 10.4. The van der Waals surface area contributed by atoms with Gasteiger partial charge in [0.2, 0.25) is 5.95 Å². The number of methoxy groups -OCH3 is 1. The average molecular weight is 429 g/mol. The summed E-state index contributed by atoms with van der Waals surface area (Å²) in [7, 11) is 3.28. The molecule has 0 saturated carbocycles. The highest BCUT2D eigenvalue weighted by molar-refractivity contribution is 5.77. The van der Waals surface area contributed by atoms with Crippen LogP contribution in [0.4, 0.5) is 11.6 Å². The largest absolute Gasteiger partial charge is 0.497 e. The minimum atomic E-state index is -0.381. The predicted molar refractivity (Wildman–Crippen MR) is 125 cm³/mol. The van der Waals surface area contributed by atoms with Crippen molar-refractivity contribution in [3.63, 3.8) is 0 Å². The zero-order valence-electron chi connectivity index (χ0n) is 17.9. The lowest BCUT2D eigenvalue weighted by molar-refractivity contribution is 0.415. The Kier molecular flexibility index (Phi) is 4.89. The maximum atomic E-state index is 13.3. The van der Waals surface area contributed by atoms with Gasteiger partial charge in [-0.1, -0.05) is 42.5 Å². The highest BCUT2D eigenvalue weighted by atomic mass is 16.5. The SMILES string of the molecule is COc1ccc(N2CCn3c2nc2c3c(=O)n(C/C=C/c3ccccc3)c(=O)n2C)cc1. The zero-order chi connectivity index (χ0) is 22.2. The predicted octanol–water partition coefficient (Wildman–Crippen LogP) is 2.77. The molecule has 162 valence electrons. The summed E-state index contributed by atoms with van der Waals surface area (Å²) in [5.74, 6) is 1.44. The second-order valence-electron chi connectivity index (χ2n) is 7.66. The topological polar surface area (TPSA) is 74.3 Å². The number of hydrogen-bond donors (Lipinski definition) is 0. The van der Waals surface area contributed by atoms with Crippen LogP contribution in [-0.2, 0) is 20.1 Å². The molecule has 8 heteroatoms. The van der Waals surface area contributed by atoms with Gasteiger partial charge in [-0.25, -0.2) is 4.79 Å². The summed E-state index contributed by atoms with van der Waals surface area (Å²) in [6.07, 6.45) is 3.73. The lowest BCUT2D eigenvalue weighted by atomic mass is 10.2. The standard InChI is InChI=1S/C24H23N5O3/c1-26-21-20(22(30)29(24(26)31)14-6-9-17-7-4-3-5-8-17)28-16-15-27(23(28)25-21)18-10-12-19(32-2)13-11-18/h3-13H,14-16H2,1-2H3/b9-6+. The molecule has 0 N–H and O–H groups in total. The van der Waals surface area contributed by atoms with Crippen LogP contribution < -0.4 is 20.9 Å². The lowest BCUT2D eigenvalue weighted by Crippen LogP contribution is -2.39. The Bertz CT molecular complexity index is 1430. The number of aromatic nitrogens is 4. The summed E-state index contributed by atoms with van der Waals surface area (Å²) in [5.41, 5.74) is 2.11. The molecule has 2 aromatic carbocycles. The lowest BCUT2D eigenvalue weighted by Gasteiger charge is -2.16. The molecule has 1 aliphatic rings. The number of benzene rings is 2. The third-order valence-electron chi connectivity index (χ3n) is 5.78. The van der Waals surface area contributed by atoms with Gasteiger partial charge in [0.15, 0.2) is 11.2 Å². The minimum Gasteiger partial charge on any atom is -0.497 e. The molecule has 0 spiro atoms. The van der Waals surface area contributed by atoms with Crippen molar-refractivity contribution in [3.05, 3.63) is 87.1 Å². The second-order valence-corrected chi connectivity index (χ2v) is 7.66. The molecule has 8 nitrogen and oxygen atoms in total. The van der Waals surface area contributed by atoms with E-state index in [0.717, 1.165) is 17.0 Å². The van der Waals surface area contributed by atoms with Crippen molar-refractivity contribution in [2.75, 3.05) is 18.6 Å². The number of imidazole rings is 1. The maximum Gasteiger partial charge on any atom is 0.332 e. The number of nitrogens with zero attached hydrogens (tertiary/aromatic N) is 5. The smallest absolute Gasteiger partial charge is 0.332 e. The zero-order valence-corrected chi connectivity index (χ0v) is 17.9. The molecule has 0 aliphatic carbocycles. The highest BCUT2D eigenvalue weighted by Crippen LogP contribution is 2.32. The number of allylic oxidation sites excluding steroid dienone is 1. The fourth-order valence-electron chi connectivity index (χ4n) is 4.10. The van der Waals surface area contributed by atoms with E-state index in [9.17, 15) is 9.59 Å². The van der Waals surface area contributed by atoms with E-state index in [1.54, 1.807) is 14.2 Å². The van der Waals surface area contributed by atoms with E-state index in [1.165, 1.54) is 9.13 Å². The number of ether oxygens (including phenoxy) is 1. The van der Waals surface area contributed by atoms with E-state index in [1.807, 2.05) is 76.2 Å². The molecule has 1 aliphatic heterocycles. The van der Waals surface area contributed by atoms with Crippen molar-refractivity contribution >= 4 is 28.9 Å². The van der Waals surface area contributed by atoms with Gasteiger partial charge in [0, 0.05) is 32.4 Å². The molecule has 0 bridgehead atoms. The van der Waals surface area contributed by atoms with Crippen LogP contribution in [0.25, 0.3) is 17.2 Å². The molecule has 0 atom stereocenters. The molecule has 2 aromatic heterocycles. The van der Waals surface area contributed by atoms with Gasteiger partial charge in [0.05, 0.1) is 7.11 Å². The van der Waals surface area contributed by atoms with E-state index in [2.05, 4.69) is 4.98 Å². The van der Waals surface area contributed by atoms with Crippen LogP contribution in [0.1, 0.15) is 5.56 Å². The summed E-state index contributed by atoms with van der Waals surface area (Å²) >= 11 is 0. The Labute approximate surface area is 184 Å². The molecular formula is C24H23N5O3. The summed E-state index contributed by atoms with van der Waals surface area (Å²) in [6, 6.07) is 17.5. The molecule has 3 heterocycles. The van der Waals surface area contributed by atoms with E-state index in [0.29, 0.717) is 30.2 Å². The van der Waals surface area contributed by atoms with E-state index in [4.69, 9.17) is 4.74 Å². The number of aryl methyl sites for hydroxylation is 1. The van der Waals surface area contributed by atoms with E-state index in [-0.39, 0.29) is 17.8 Å². The van der Waals surface area contributed by atoms with Gasteiger partial charge >= 0.3 is 5.69 Å². The monoisotopic (exact) mass is 429 g/mol.